The van der Waals surface area contributed by atoms with Crippen molar-refractivity contribution in [2.24, 2.45) is 0 Å². The first-order valence-electron chi connectivity index (χ1n) is 6.35. The molecule has 0 aromatic heterocycles. The number of hydrogen-bond acceptors (Lipinski definition) is 3. The second-order valence-electron chi connectivity index (χ2n) is 4.15. The first-order chi connectivity index (χ1) is 10.0. The third kappa shape index (κ3) is 11.1. The largest absolute Gasteiger partial charge is 0.460 e. The Morgan fingerprint density at radius 2 is 2.00 bits per heavy atom. The molecule has 1 aromatic rings. The number of carbonyl (C=O) groups is 1. The van der Waals surface area contributed by atoms with Crippen molar-refractivity contribution in [1.29, 1.82) is 0 Å². The van der Waals surface area contributed by atoms with Gasteiger partial charge in [0.1, 0.15) is 12.7 Å². The minimum absolute atomic E-state index is 0.0590. The van der Waals surface area contributed by atoms with Crippen molar-refractivity contribution in [2.75, 3.05) is 18.4 Å². The molecule has 0 bridgehead atoms. The number of allylic oxidation sites excluding steroid dienone is 1. The Morgan fingerprint density at radius 1 is 1.38 bits per heavy atom. The Balaban J connectivity index is 0.000000382. The fourth-order valence-electron chi connectivity index (χ4n) is 1.08. The van der Waals surface area contributed by atoms with Crippen LogP contribution in [0.5, 0.6) is 0 Å². The van der Waals surface area contributed by atoms with E-state index in [9.17, 15) is 4.79 Å². The van der Waals surface area contributed by atoms with Gasteiger partial charge in [0.15, 0.2) is 0 Å². The summed E-state index contributed by atoms with van der Waals surface area (Å²) in [6, 6.07) is 10.1. The number of hydrogen-bond donors (Lipinski definition) is 1. The summed E-state index contributed by atoms with van der Waals surface area (Å²) in [6.07, 6.45) is 3.14. The van der Waals surface area contributed by atoms with E-state index in [1.54, 1.807) is 0 Å². The molecule has 1 aromatic carbocycles. The molecule has 0 aliphatic carbocycles. The van der Waals surface area contributed by atoms with Gasteiger partial charge in [0.25, 0.3) is 0 Å². The highest BCUT2D eigenvalue weighted by Gasteiger charge is 2.07. The van der Waals surface area contributed by atoms with Crippen LogP contribution in [-0.4, -0.2) is 35.5 Å². The number of aliphatic hydroxyl groups is 1. The first kappa shape index (κ1) is 19.7. The lowest BCUT2D eigenvalue weighted by Crippen LogP contribution is -2.19. The van der Waals surface area contributed by atoms with Crippen LogP contribution >= 0.6 is 23.2 Å². The van der Waals surface area contributed by atoms with Crippen molar-refractivity contribution in [2.45, 2.75) is 13.0 Å². The van der Waals surface area contributed by atoms with Gasteiger partial charge in [0, 0.05) is 11.5 Å². The standard InChI is InChI=1S/C9H9Cl.C7H11ClO3/c10-8-4-7-9-5-2-1-3-6-9;1-5(2)7(10)11-4-6(9)3-8/h1-7H,8H2;6,9H,1,3-4H2,2H3. The van der Waals surface area contributed by atoms with Gasteiger partial charge in [-0.25, -0.2) is 4.79 Å². The number of esters is 1. The van der Waals surface area contributed by atoms with E-state index in [-0.39, 0.29) is 12.5 Å². The van der Waals surface area contributed by atoms with Crippen LogP contribution in [0.15, 0.2) is 48.6 Å². The highest BCUT2D eigenvalue weighted by molar-refractivity contribution is 6.19. The van der Waals surface area contributed by atoms with Crippen molar-refractivity contribution in [3.8, 4) is 0 Å². The molecule has 1 atom stereocenters. The summed E-state index contributed by atoms with van der Waals surface area (Å²) in [5, 5.41) is 8.85. The van der Waals surface area contributed by atoms with Gasteiger partial charge in [-0.2, -0.15) is 0 Å². The molecule has 116 valence electrons. The lowest BCUT2D eigenvalue weighted by atomic mass is 10.2. The molecular formula is C16H20Cl2O3. The highest BCUT2D eigenvalue weighted by atomic mass is 35.5. The van der Waals surface area contributed by atoms with Gasteiger partial charge in [0.2, 0.25) is 0 Å². The van der Waals surface area contributed by atoms with Gasteiger partial charge in [-0.15, -0.1) is 23.2 Å². The Morgan fingerprint density at radius 3 is 2.48 bits per heavy atom. The van der Waals surface area contributed by atoms with Gasteiger partial charge in [-0.05, 0) is 12.5 Å². The maximum absolute atomic E-state index is 10.7. The number of carbonyl (C=O) groups excluding carboxylic acids is 1. The van der Waals surface area contributed by atoms with Crippen molar-refractivity contribution in [3.05, 3.63) is 54.1 Å². The molecule has 0 saturated heterocycles. The molecule has 3 nitrogen and oxygen atoms in total. The SMILES string of the molecule is C=C(C)C(=O)OCC(O)CCl.ClCC=Cc1ccccc1. The Kier molecular flexibility index (Phi) is 11.7. The summed E-state index contributed by atoms with van der Waals surface area (Å²) in [4.78, 5) is 10.7. The molecule has 1 rings (SSSR count). The van der Waals surface area contributed by atoms with E-state index in [0.717, 1.165) is 0 Å². The number of halogens is 2. The zero-order valence-electron chi connectivity index (χ0n) is 12.0. The van der Waals surface area contributed by atoms with E-state index in [1.165, 1.54) is 12.5 Å². The third-order valence-corrected chi connectivity index (χ3v) is 2.67. The number of aliphatic hydroxyl groups excluding tert-OH is 1. The molecule has 1 unspecified atom stereocenters. The molecule has 0 saturated carbocycles. The van der Waals surface area contributed by atoms with E-state index in [1.807, 2.05) is 42.5 Å². The van der Waals surface area contributed by atoms with Crippen LogP contribution in [0.2, 0.25) is 0 Å². The van der Waals surface area contributed by atoms with E-state index in [2.05, 4.69) is 11.3 Å². The zero-order chi connectivity index (χ0) is 16.1. The zero-order valence-corrected chi connectivity index (χ0v) is 13.5. The second-order valence-corrected chi connectivity index (χ2v) is 4.77. The molecule has 1 N–H and O–H groups in total. The van der Waals surface area contributed by atoms with Gasteiger partial charge < -0.3 is 9.84 Å². The van der Waals surface area contributed by atoms with E-state index in [4.69, 9.17) is 28.3 Å². The number of rotatable bonds is 6. The Hall–Kier alpha value is -1.29. The normalized spacial score (nSPS) is 11.4. The molecule has 21 heavy (non-hydrogen) atoms. The molecular weight excluding hydrogens is 311 g/mol. The summed E-state index contributed by atoms with van der Waals surface area (Å²) < 4.78 is 4.58. The molecule has 5 heteroatoms. The summed E-state index contributed by atoms with van der Waals surface area (Å²) in [5.41, 5.74) is 1.51. The van der Waals surface area contributed by atoms with E-state index >= 15 is 0 Å². The quantitative estimate of drug-likeness (QED) is 0.492. The van der Waals surface area contributed by atoms with Crippen LogP contribution < -0.4 is 0 Å². The predicted molar refractivity (Wildman–Crippen MR) is 88.7 cm³/mol. The average molecular weight is 331 g/mol. The Labute approximate surface area is 135 Å². The van der Waals surface area contributed by atoms with E-state index in [0.29, 0.717) is 11.5 Å². The smallest absolute Gasteiger partial charge is 0.333 e. The third-order valence-electron chi connectivity index (χ3n) is 2.13. The molecule has 0 amide bonds. The summed E-state index contributed by atoms with van der Waals surface area (Å²) in [6.45, 7) is 4.83. The lowest BCUT2D eigenvalue weighted by Gasteiger charge is -2.07. The first-order valence-corrected chi connectivity index (χ1v) is 7.42. The van der Waals surface area contributed by atoms with E-state index < -0.39 is 12.1 Å². The van der Waals surface area contributed by atoms with Gasteiger partial charge in [-0.1, -0.05) is 49.1 Å². The summed E-state index contributed by atoms with van der Waals surface area (Å²) >= 11 is 10.7. The van der Waals surface area contributed by atoms with Gasteiger partial charge >= 0.3 is 5.97 Å². The molecule has 0 aliphatic rings. The molecule has 0 aliphatic heterocycles. The van der Waals surface area contributed by atoms with Gasteiger partial charge in [-0.3, -0.25) is 0 Å². The molecule has 0 spiro atoms. The van der Waals surface area contributed by atoms with Crippen LogP contribution in [-0.2, 0) is 9.53 Å². The summed E-state index contributed by atoms with van der Waals surface area (Å²) in [5.74, 6) is 0.132. The lowest BCUT2D eigenvalue weighted by molar-refractivity contribution is -0.141. The van der Waals surface area contributed by atoms with Crippen LogP contribution in [0.4, 0.5) is 0 Å². The van der Waals surface area contributed by atoms with Crippen molar-refractivity contribution < 1.29 is 14.6 Å². The minimum atomic E-state index is -0.792. The second kappa shape index (κ2) is 12.5. The fraction of sp³-hybridized carbons (Fsp3) is 0.312. The minimum Gasteiger partial charge on any atom is -0.460 e. The van der Waals surface area contributed by atoms with Crippen LogP contribution in [0, 0.1) is 0 Å². The van der Waals surface area contributed by atoms with Crippen LogP contribution in [0.25, 0.3) is 6.08 Å². The molecule has 0 radical (unpaired) electrons. The van der Waals surface area contributed by atoms with Crippen molar-refractivity contribution in [3.63, 3.8) is 0 Å². The summed E-state index contributed by atoms with van der Waals surface area (Å²) in [7, 11) is 0. The topological polar surface area (TPSA) is 46.5 Å². The van der Waals surface area contributed by atoms with Crippen molar-refractivity contribution in [1.82, 2.24) is 0 Å². The fourth-order valence-corrected chi connectivity index (χ4v) is 1.26. The predicted octanol–water partition coefficient (Wildman–Crippen LogP) is 3.64. The highest BCUT2D eigenvalue weighted by Crippen LogP contribution is 2.00. The monoisotopic (exact) mass is 330 g/mol. The molecule has 0 heterocycles. The van der Waals surface area contributed by atoms with Crippen LogP contribution in [0.1, 0.15) is 12.5 Å². The maximum Gasteiger partial charge on any atom is 0.333 e. The van der Waals surface area contributed by atoms with Crippen LogP contribution in [0.3, 0.4) is 0 Å². The Bertz CT molecular complexity index is 444. The number of benzene rings is 1. The van der Waals surface area contributed by atoms with Gasteiger partial charge in [0.05, 0.1) is 5.88 Å². The van der Waals surface area contributed by atoms with Crippen molar-refractivity contribution >= 4 is 35.2 Å². The number of alkyl halides is 2. The average Bonchev–Trinajstić information content (AvgIpc) is 2.51. The molecule has 0 fully saturated rings. The number of ether oxygens (including phenoxy) is 1. The maximum atomic E-state index is 10.7.